The average molecular weight is 435 g/mol. The third-order valence-electron chi connectivity index (χ3n) is 3.65. The molecule has 1 aromatic heterocycles. The molecule has 27 heavy (non-hydrogen) atoms. The lowest BCUT2D eigenvalue weighted by molar-refractivity contribution is -0.142. The quantitative estimate of drug-likeness (QED) is 0.580. The molecule has 8 heteroatoms. The monoisotopic (exact) mass is 434 g/mol. The van der Waals surface area contributed by atoms with Gasteiger partial charge in [-0.25, -0.2) is 4.79 Å². The molecule has 142 valence electrons. The van der Waals surface area contributed by atoms with Crippen molar-refractivity contribution in [2.24, 2.45) is 5.92 Å². The fourth-order valence-electron chi connectivity index (χ4n) is 2.20. The third kappa shape index (κ3) is 5.82. The molecule has 0 bridgehead atoms. The summed E-state index contributed by atoms with van der Waals surface area (Å²) in [6, 6.07) is 8.73. The van der Waals surface area contributed by atoms with Crippen LogP contribution < -0.4 is 10.6 Å². The zero-order valence-corrected chi connectivity index (χ0v) is 16.3. The smallest absolute Gasteiger partial charge is 0.326 e. The summed E-state index contributed by atoms with van der Waals surface area (Å²) in [7, 11) is 0. The van der Waals surface area contributed by atoms with E-state index >= 15 is 0 Å². The van der Waals surface area contributed by atoms with Crippen LogP contribution in [-0.4, -0.2) is 28.9 Å². The number of furan rings is 1. The molecule has 2 aromatic rings. The number of hydrogen-bond acceptors (Lipinski definition) is 4. The van der Waals surface area contributed by atoms with Crippen molar-refractivity contribution in [3.8, 4) is 0 Å². The Morgan fingerprint density at radius 2 is 1.81 bits per heavy atom. The predicted octanol–water partition coefficient (Wildman–Crippen LogP) is 3.04. The largest absolute Gasteiger partial charge is 0.480 e. The van der Waals surface area contributed by atoms with Crippen molar-refractivity contribution in [3.63, 3.8) is 0 Å². The normalized spacial score (nSPS) is 12.5. The summed E-state index contributed by atoms with van der Waals surface area (Å²) in [6.07, 6.45) is 2.76. The van der Waals surface area contributed by atoms with Gasteiger partial charge in [-0.3, -0.25) is 9.59 Å². The van der Waals surface area contributed by atoms with Crippen LogP contribution in [0.3, 0.4) is 0 Å². The van der Waals surface area contributed by atoms with Gasteiger partial charge in [-0.15, -0.1) is 0 Å². The number of hydrogen-bond donors (Lipinski definition) is 3. The first-order chi connectivity index (χ1) is 12.8. The maximum absolute atomic E-state index is 12.6. The molecule has 1 heterocycles. The van der Waals surface area contributed by atoms with E-state index in [0.29, 0.717) is 11.3 Å². The summed E-state index contributed by atoms with van der Waals surface area (Å²) < 4.78 is 6.00. The first kappa shape index (κ1) is 20.4. The molecular formula is C19H19BrN2O5. The second-order valence-corrected chi connectivity index (χ2v) is 6.98. The van der Waals surface area contributed by atoms with E-state index in [2.05, 4.69) is 26.6 Å². The number of benzene rings is 1. The van der Waals surface area contributed by atoms with E-state index in [9.17, 15) is 19.5 Å². The van der Waals surface area contributed by atoms with Gasteiger partial charge in [-0.05, 0) is 42.3 Å². The maximum atomic E-state index is 12.6. The highest BCUT2D eigenvalue weighted by Crippen LogP contribution is 2.12. The lowest BCUT2D eigenvalue weighted by Gasteiger charge is -2.19. The lowest BCUT2D eigenvalue weighted by atomic mass is 10.0. The summed E-state index contributed by atoms with van der Waals surface area (Å²) in [5.41, 5.74) is 0.222. The van der Waals surface area contributed by atoms with Crippen LogP contribution >= 0.6 is 15.9 Å². The third-order valence-corrected chi connectivity index (χ3v) is 4.18. The number of carbonyl (C=O) groups excluding carboxylic acids is 2. The minimum atomic E-state index is -1.16. The second-order valence-electron chi connectivity index (χ2n) is 6.07. The molecule has 3 N–H and O–H groups in total. The number of nitrogens with one attached hydrogen (secondary N) is 2. The highest BCUT2D eigenvalue weighted by Gasteiger charge is 2.26. The standard InChI is InChI=1S/C19H19BrN2O5/c1-11(2)16(19(25)26)22-18(24)15(10-14-4-3-9-27-14)21-17(23)12-5-7-13(20)8-6-12/h3-11,16H,1-2H3,(H,21,23)(H,22,24)(H,25,26)/b15-10+. The van der Waals surface area contributed by atoms with E-state index in [1.165, 1.54) is 12.3 Å². The zero-order valence-electron chi connectivity index (χ0n) is 14.7. The van der Waals surface area contributed by atoms with E-state index in [-0.39, 0.29) is 11.6 Å². The van der Waals surface area contributed by atoms with Gasteiger partial charge in [0.05, 0.1) is 6.26 Å². The summed E-state index contributed by atoms with van der Waals surface area (Å²) in [5.74, 6) is -2.38. The molecule has 0 spiro atoms. The minimum absolute atomic E-state index is 0.121. The van der Waals surface area contributed by atoms with Gasteiger partial charge in [0.25, 0.3) is 11.8 Å². The van der Waals surface area contributed by atoms with Gasteiger partial charge in [-0.2, -0.15) is 0 Å². The van der Waals surface area contributed by atoms with Gasteiger partial charge < -0.3 is 20.2 Å². The van der Waals surface area contributed by atoms with Crippen LogP contribution in [-0.2, 0) is 9.59 Å². The van der Waals surface area contributed by atoms with E-state index in [4.69, 9.17) is 4.42 Å². The summed E-state index contributed by atoms with van der Waals surface area (Å²) in [5, 5.41) is 14.2. The van der Waals surface area contributed by atoms with E-state index < -0.39 is 23.8 Å². The fourth-order valence-corrected chi connectivity index (χ4v) is 2.47. The number of rotatable bonds is 7. The molecule has 0 saturated heterocycles. The van der Waals surface area contributed by atoms with Gasteiger partial charge in [0.15, 0.2) is 0 Å². The average Bonchev–Trinajstić information content (AvgIpc) is 3.11. The molecule has 1 unspecified atom stereocenters. The first-order valence-corrected chi connectivity index (χ1v) is 8.93. The fraction of sp³-hybridized carbons (Fsp3) is 0.211. The maximum Gasteiger partial charge on any atom is 0.326 e. The number of halogens is 1. The first-order valence-electron chi connectivity index (χ1n) is 8.13. The Morgan fingerprint density at radius 1 is 1.15 bits per heavy atom. The van der Waals surface area contributed by atoms with Crippen LogP contribution in [0.2, 0.25) is 0 Å². The number of carboxylic acid groups (broad SMARTS) is 1. The van der Waals surface area contributed by atoms with Gasteiger partial charge in [-0.1, -0.05) is 29.8 Å². The molecule has 0 saturated carbocycles. The van der Waals surface area contributed by atoms with Crippen LogP contribution in [0, 0.1) is 5.92 Å². The van der Waals surface area contributed by atoms with Crippen LogP contribution in [0.4, 0.5) is 0 Å². The number of carbonyl (C=O) groups is 3. The van der Waals surface area contributed by atoms with E-state index in [1.54, 1.807) is 50.2 Å². The van der Waals surface area contributed by atoms with Crippen molar-refractivity contribution in [3.05, 3.63) is 64.2 Å². The zero-order chi connectivity index (χ0) is 20.0. The molecule has 0 radical (unpaired) electrons. The molecule has 0 aliphatic rings. The van der Waals surface area contributed by atoms with Crippen LogP contribution in [0.1, 0.15) is 30.0 Å². The van der Waals surface area contributed by atoms with Crippen LogP contribution in [0.15, 0.2) is 57.2 Å². The Labute approximate surface area is 164 Å². The highest BCUT2D eigenvalue weighted by molar-refractivity contribution is 9.10. The highest BCUT2D eigenvalue weighted by atomic mass is 79.9. The topological polar surface area (TPSA) is 109 Å². The SMILES string of the molecule is CC(C)C(NC(=O)/C(=C\c1ccco1)NC(=O)c1ccc(Br)cc1)C(=O)O. The molecule has 2 rings (SSSR count). The van der Waals surface area contributed by atoms with Crippen LogP contribution in [0.25, 0.3) is 6.08 Å². The molecule has 2 amide bonds. The Bertz CT molecular complexity index is 841. The molecule has 1 aromatic carbocycles. The predicted molar refractivity (Wildman–Crippen MR) is 103 cm³/mol. The van der Waals surface area contributed by atoms with Crippen molar-refractivity contribution >= 4 is 39.8 Å². The number of amides is 2. The Kier molecular flexibility index (Phi) is 6.95. The minimum Gasteiger partial charge on any atom is -0.480 e. The van der Waals surface area contributed by atoms with Crippen molar-refractivity contribution < 1.29 is 23.9 Å². The Morgan fingerprint density at radius 3 is 2.33 bits per heavy atom. The van der Waals surface area contributed by atoms with Crippen molar-refractivity contribution in [2.75, 3.05) is 0 Å². The van der Waals surface area contributed by atoms with E-state index in [0.717, 1.165) is 4.47 Å². The summed E-state index contributed by atoms with van der Waals surface area (Å²) >= 11 is 3.29. The van der Waals surface area contributed by atoms with Gasteiger partial charge in [0.2, 0.25) is 0 Å². The van der Waals surface area contributed by atoms with Crippen molar-refractivity contribution in [2.45, 2.75) is 19.9 Å². The molecule has 0 aliphatic heterocycles. The lowest BCUT2D eigenvalue weighted by Crippen LogP contribution is -2.47. The Hall–Kier alpha value is -2.87. The molecular weight excluding hydrogens is 416 g/mol. The molecule has 7 nitrogen and oxygen atoms in total. The Balaban J connectivity index is 2.26. The van der Waals surface area contributed by atoms with Crippen LogP contribution in [0.5, 0.6) is 0 Å². The molecule has 0 fully saturated rings. The number of aliphatic carboxylic acids is 1. The second kappa shape index (κ2) is 9.18. The van der Waals surface area contributed by atoms with Gasteiger partial charge in [0, 0.05) is 16.1 Å². The summed E-state index contributed by atoms with van der Waals surface area (Å²) in [4.78, 5) is 36.4. The van der Waals surface area contributed by atoms with Gasteiger partial charge >= 0.3 is 5.97 Å². The molecule has 0 aliphatic carbocycles. The van der Waals surface area contributed by atoms with Crippen molar-refractivity contribution in [1.29, 1.82) is 0 Å². The summed E-state index contributed by atoms with van der Waals surface area (Å²) in [6.45, 7) is 3.35. The van der Waals surface area contributed by atoms with Crippen molar-refractivity contribution in [1.82, 2.24) is 10.6 Å². The van der Waals surface area contributed by atoms with E-state index in [1.807, 2.05) is 0 Å². The molecule has 1 atom stereocenters. The number of carboxylic acids is 1. The van der Waals surface area contributed by atoms with Gasteiger partial charge in [0.1, 0.15) is 17.5 Å².